The van der Waals surface area contributed by atoms with Crippen LogP contribution in [0.25, 0.3) is 0 Å². The number of hydrazine groups is 1. The van der Waals surface area contributed by atoms with Gasteiger partial charge in [0.25, 0.3) is 0 Å². The predicted molar refractivity (Wildman–Crippen MR) is 149 cm³/mol. The number of hydrogen-bond donors (Lipinski definition) is 1. The van der Waals surface area contributed by atoms with Crippen LogP contribution in [-0.4, -0.2) is 83.7 Å². The number of rotatable bonds is 8. The standard InChI is InChI=1S/C29H33N5O4S/c1-31-20-27(35)33-25(17-21-10-12-23(38-2)13-11-21)28(36)32(15-14-24-9-6-16-39-24)19-26(33)34(31)29(37)30-18-22-7-4-3-5-8-22/h3-13,16,25-26H,14-15,17-20H2,1-2H3,(H,30,37)/t25?,26-/m0/s1. The van der Waals surface area contributed by atoms with Gasteiger partial charge in [-0.25, -0.2) is 14.8 Å². The number of methoxy groups -OCH3 is 1. The number of likely N-dealkylation sites (N-methyl/N-ethyl adjacent to an activating group) is 1. The van der Waals surface area contributed by atoms with Crippen molar-refractivity contribution >= 4 is 29.2 Å². The van der Waals surface area contributed by atoms with Crippen molar-refractivity contribution in [1.82, 2.24) is 25.1 Å². The fourth-order valence-corrected chi connectivity index (χ4v) is 5.94. The first kappa shape index (κ1) is 26.7. The second-order valence-electron chi connectivity index (χ2n) is 9.77. The van der Waals surface area contributed by atoms with Crippen molar-refractivity contribution in [3.05, 3.63) is 88.1 Å². The third kappa shape index (κ3) is 5.91. The summed E-state index contributed by atoms with van der Waals surface area (Å²) in [7, 11) is 3.35. The highest BCUT2D eigenvalue weighted by atomic mass is 32.1. The summed E-state index contributed by atoms with van der Waals surface area (Å²) in [5.74, 6) is 0.460. The molecular formula is C29H33N5O4S. The number of benzene rings is 2. The molecule has 0 bridgehead atoms. The van der Waals surface area contributed by atoms with Crippen LogP contribution in [0.3, 0.4) is 0 Å². The lowest BCUT2D eigenvalue weighted by Crippen LogP contribution is -2.76. The van der Waals surface area contributed by atoms with E-state index in [1.807, 2.05) is 66.0 Å². The normalized spacial score (nSPS) is 19.7. The number of thiophene rings is 1. The fourth-order valence-electron chi connectivity index (χ4n) is 5.25. The molecular weight excluding hydrogens is 514 g/mol. The van der Waals surface area contributed by atoms with Crippen molar-refractivity contribution in [1.29, 1.82) is 0 Å². The topological polar surface area (TPSA) is 85.4 Å². The van der Waals surface area contributed by atoms with E-state index in [9.17, 15) is 14.4 Å². The number of amides is 4. The van der Waals surface area contributed by atoms with Crippen LogP contribution in [-0.2, 0) is 29.0 Å². The second kappa shape index (κ2) is 11.9. The van der Waals surface area contributed by atoms with Crippen molar-refractivity contribution in [2.45, 2.75) is 31.6 Å². The largest absolute Gasteiger partial charge is 0.497 e. The molecule has 4 amide bonds. The number of carbonyl (C=O) groups excluding carboxylic acids is 3. The molecule has 39 heavy (non-hydrogen) atoms. The fraction of sp³-hybridized carbons (Fsp3) is 0.345. The first-order chi connectivity index (χ1) is 18.9. The van der Waals surface area contributed by atoms with Crippen LogP contribution in [0.15, 0.2) is 72.1 Å². The van der Waals surface area contributed by atoms with Gasteiger partial charge in [0.2, 0.25) is 11.8 Å². The molecule has 2 aliphatic rings. The zero-order chi connectivity index (χ0) is 27.4. The highest BCUT2D eigenvalue weighted by Crippen LogP contribution is 2.28. The number of nitrogens with one attached hydrogen (secondary N) is 1. The van der Waals surface area contributed by atoms with E-state index in [4.69, 9.17) is 4.74 Å². The van der Waals surface area contributed by atoms with E-state index in [0.29, 0.717) is 19.5 Å². The number of hydrogen-bond acceptors (Lipinski definition) is 6. The Bertz CT molecular complexity index is 1280. The average Bonchev–Trinajstić information content (AvgIpc) is 3.47. The number of fused-ring (bicyclic) bond motifs is 1. The van der Waals surface area contributed by atoms with Crippen molar-refractivity contribution in [2.24, 2.45) is 0 Å². The van der Waals surface area contributed by atoms with Crippen LogP contribution in [0.1, 0.15) is 16.0 Å². The van der Waals surface area contributed by atoms with Gasteiger partial charge in [0.1, 0.15) is 18.0 Å². The highest BCUT2D eigenvalue weighted by molar-refractivity contribution is 7.09. The quantitative estimate of drug-likeness (QED) is 0.469. The second-order valence-corrected chi connectivity index (χ2v) is 10.8. The molecule has 10 heteroatoms. The summed E-state index contributed by atoms with van der Waals surface area (Å²) in [4.78, 5) is 45.4. The van der Waals surface area contributed by atoms with Crippen molar-refractivity contribution in [3.63, 3.8) is 0 Å². The van der Waals surface area contributed by atoms with Gasteiger partial charge in [-0.05, 0) is 41.1 Å². The molecule has 0 aliphatic carbocycles. The predicted octanol–water partition coefficient (Wildman–Crippen LogP) is 2.98. The molecule has 5 rings (SSSR count). The monoisotopic (exact) mass is 547 g/mol. The Kier molecular flexibility index (Phi) is 8.13. The average molecular weight is 548 g/mol. The lowest BCUT2D eigenvalue weighted by molar-refractivity contribution is -0.186. The van der Waals surface area contributed by atoms with E-state index in [1.165, 1.54) is 4.88 Å². The minimum Gasteiger partial charge on any atom is -0.497 e. The Morgan fingerprint density at radius 2 is 1.79 bits per heavy atom. The molecule has 2 atom stereocenters. The Labute approximate surface area is 232 Å². The summed E-state index contributed by atoms with van der Waals surface area (Å²) in [6.07, 6.45) is 0.454. The van der Waals surface area contributed by atoms with Gasteiger partial charge >= 0.3 is 6.03 Å². The molecule has 3 aromatic rings. The molecule has 1 N–H and O–H groups in total. The molecule has 2 fully saturated rings. The van der Waals surface area contributed by atoms with Crippen LogP contribution in [0.5, 0.6) is 5.75 Å². The van der Waals surface area contributed by atoms with Crippen LogP contribution in [0, 0.1) is 0 Å². The number of piperazine rings is 1. The maximum Gasteiger partial charge on any atom is 0.334 e. The van der Waals surface area contributed by atoms with Crippen LogP contribution >= 0.6 is 11.3 Å². The summed E-state index contributed by atoms with van der Waals surface area (Å²) in [6.45, 7) is 1.14. The van der Waals surface area contributed by atoms with Gasteiger partial charge < -0.3 is 19.9 Å². The number of carbonyl (C=O) groups is 3. The third-order valence-electron chi connectivity index (χ3n) is 7.23. The van der Waals surface area contributed by atoms with E-state index in [1.54, 1.807) is 45.3 Å². The van der Waals surface area contributed by atoms with Gasteiger partial charge in [-0.3, -0.25) is 9.59 Å². The van der Waals surface area contributed by atoms with Crippen LogP contribution in [0.4, 0.5) is 4.79 Å². The molecule has 3 heterocycles. The molecule has 2 aromatic carbocycles. The minimum absolute atomic E-state index is 0.0108. The summed E-state index contributed by atoms with van der Waals surface area (Å²) in [6, 6.07) is 20.3. The van der Waals surface area contributed by atoms with Crippen molar-refractivity contribution < 1.29 is 19.1 Å². The first-order valence-corrected chi connectivity index (χ1v) is 13.9. The van der Waals surface area contributed by atoms with E-state index in [2.05, 4.69) is 11.4 Å². The molecule has 204 valence electrons. The van der Waals surface area contributed by atoms with Crippen LogP contribution in [0.2, 0.25) is 0 Å². The van der Waals surface area contributed by atoms with E-state index in [-0.39, 0.29) is 30.9 Å². The molecule has 9 nitrogen and oxygen atoms in total. The highest BCUT2D eigenvalue weighted by Gasteiger charge is 2.50. The van der Waals surface area contributed by atoms with E-state index < -0.39 is 12.2 Å². The van der Waals surface area contributed by atoms with Crippen LogP contribution < -0.4 is 10.1 Å². The van der Waals surface area contributed by atoms with Gasteiger partial charge in [0.15, 0.2) is 0 Å². The zero-order valence-corrected chi connectivity index (χ0v) is 23.0. The molecule has 0 saturated carbocycles. The lowest BCUT2D eigenvalue weighted by Gasteiger charge is -2.54. The first-order valence-electron chi connectivity index (χ1n) is 13.0. The Morgan fingerprint density at radius 3 is 2.49 bits per heavy atom. The van der Waals surface area contributed by atoms with Gasteiger partial charge in [-0.15, -0.1) is 11.3 Å². The Hall–Kier alpha value is -3.89. The minimum atomic E-state index is -0.717. The third-order valence-corrected chi connectivity index (χ3v) is 8.17. The number of nitrogens with zero attached hydrogens (tertiary/aromatic N) is 4. The van der Waals surface area contributed by atoms with Gasteiger partial charge in [-0.2, -0.15) is 0 Å². The summed E-state index contributed by atoms with van der Waals surface area (Å²) in [5.41, 5.74) is 1.90. The Balaban J connectivity index is 1.42. The van der Waals surface area contributed by atoms with Crippen molar-refractivity contribution in [2.75, 3.05) is 33.8 Å². The maximum atomic E-state index is 13.9. The zero-order valence-electron chi connectivity index (χ0n) is 22.2. The summed E-state index contributed by atoms with van der Waals surface area (Å²) >= 11 is 1.66. The van der Waals surface area contributed by atoms with E-state index in [0.717, 1.165) is 23.3 Å². The number of urea groups is 1. The molecule has 1 aromatic heterocycles. The molecule has 2 saturated heterocycles. The Morgan fingerprint density at radius 1 is 1.03 bits per heavy atom. The van der Waals surface area contributed by atoms with Gasteiger partial charge in [0.05, 0.1) is 20.2 Å². The SMILES string of the molecule is COc1ccc(CC2C(=O)N(CCc3cccs3)C[C@H]3N2C(=O)CN(C)N3C(=O)NCc2ccccc2)cc1. The molecule has 0 radical (unpaired) electrons. The van der Waals surface area contributed by atoms with Gasteiger partial charge in [0, 0.05) is 31.4 Å². The lowest BCUT2D eigenvalue weighted by atomic mass is 9.98. The summed E-state index contributed by atoms with van der Waals surface area (Å²) < 4.78 is 5.28. The van der Waals surface area contributed by atoms with E-state index >= 15 is 0 Å². The smallest absolute Gasteiger partial charge is 0.334 e. The van der Waals surface area contributed by atoms with Crippen molar-refractivity contribution in [3.8, 4) is 5.75 Å². The maximum absolute atomic E-state index is 13.9. The number of ether oxygens (including phenoxy) is 1. The van der Waals surface area contributed by atoms with Gasteiger partial charge in [-0.1, -0.05) is 48.5 Å². The molecule has 2 aliphatic heterocycles. The molecule has 0 spiro atoms. The molecule has 1 unspecified atom stereocenters. The summed E-state index contributed by atoms with van der Waals surface area (Å²) in [5, 5.41) is 8.27.